The lowest BCUT2D eigenvalue weighted by Gasteiger charge is -2.07. The van der Waals surface area contributed by atoms with Crippen molar-refractivity contribution in [2.24, 2.45) is 0 Å². The van der Waals surface area contributed by atoms with Crippen LogP contribution in [0.15, 0.2) is 59.8 Å². The van der Waals surface area contributed by atoms with Gasteiger partial charge >= 0.3 is 0 Å². The van der Waals surface area contributed by atoms with Gasteiger partial charge in [-0.25, -0.2) is 0 Å². The van der Waals surface area contributed by atoms with Gasteiger partial charge in [0, 0.05) is 5.56 Å². The van der Waals surface area contributed by atoms with E-state index in [1.807, 2.05) is 54.6 Å². The number of Topliss-reactive ketones (excluding diaryl/α,β-unsaturated/α-hetero) is 1. The largest absolute Gasteiger partial charge is 0.293 e. The number of hydrogen-bond donors (Lipinski definition) is 0. The molecule has 0 saturated carbocycles. The first kappa shape index (κ1) is 13.2. The van der Waals surface area contributed by atoms with Crippen LogP contribution in [0.3, 0.4) is 0 Å². The van der Waals surface area contributed by atoms with E-state index in [9.17, 15) is 4.79 Å². The Kier molecular flexibility index (Phi) is 3.23. The van der Waals surface area contributed by atoms with Crippen LogP contribution in [0.4, 0.5) is 0 Å². The molecule has 3 aromatic rings. The number of para-hydroxylation sites is 1. The quantitative estimate of drug-likeness (QED) is 0.744. The third kappa shape index (κ3) is 2.21. The summed E-state index contributed by atoms with van der Waals surface area (Å²) in [4.78, 5) is 12.5. The zero-order valence-electron chi connectivity index (χ0n) is 11.6. The van der Waals surface area contributed by atoms with Gasteiger partial charge in [-0.15, -0.1) is 5.10 Å². The lowest BCUT2D eigenvalue weighted by Crippen LogP contribution is -2.12. The molecule has 22 heavy (non-hydrogen) atoms. The van der Waals surface area contributed by atoms with E-state index in [2.05, 4.69) is 15.5 Å². The Bertz CT molecular complexity index is 831. The van der Waals surface area contributed by atoms with E-state index in [1.165, 1.54) is 11.8 Å². The smallest absolute Gasteiger partial charge is 0.214 e. The Hall–Kier alpha value is -2.47. The first-order valence-electron chi connectivity index (χ1n) is 6.95. The first-order valence-corrected chi connectivity index (χ1v) is 7.83. The van der Waals surface area contributed by atoms with E-state index in [0.717, 1.165) is 23.2 Å². The summed E-state index contributed by atoms with van der Waals surface area (Å²) in [5.41, 5.74) is 2.81. The van der Waals surface area contributed by atoms with E-state index in [-0.39, 0.29) is 11.0 Å². The number of rotatable bonds is 3. The van der Waals surface area contributed by atoms with Crippen LogP contribution in [0.5, 0.6) is 0 Å². The highest BCUT2D eigenvalue weighted by Gasteiger charge is 2.32. The van der Waals surface area contributed by atoms with Crippen molar-refractivity contribution in [3.8, 4) is 5.69 Å². The maximum atomic E-state index is 12.5. The van der Waals surface area contributed by atoms with Gasteiger partial charge in [0.2, 0.25) is 5.16 Å². The minimum absolute atomic E-state index is 0.156. The fourth-order valence-electron chi connectivity index (χ4n) is 2.61. The molecule has 4 rings (SSSR count). The summed E-state index contributed by atoms with van der Waals surface area (Å²) < 4.78 is 1.67. The standard InChI is InChI=1S/C16H12N4OS/c21-15-13-9-5-4-6-11(13)10-14(15)22-16-17-18-19-20(16)12-7-2-1-3-8-12/h1-9,14H,10H2/t14-/m0/s1. The fourth-order valence-corrected chi connectivity index (χ4v) is 3.69. The Morgan fingerprint density at radius 2 is 1.82 bits per heavy atom. The van der Waals surface area contributed by atoms with Gasteiger partial charge in [-0.05, 0) is 34.5 Å². The van der Waals surface area contributed by atoms with Crippen LogP contribution in [-0.4, -0.2) is 31.2 Å². The molecule has 0 N–H and O–H groups in total. The monoisotopic (exact) mass is 308 g/mol. The van der Waals surface area contributed by atoms with E-state index in [4.69, 9.17) is 0 Å². The average Bonchev–Trinajstić information content (AvgIpc) is 3.15. The normalized spacial score (nSPS) is 16.7. The van der Waals surface area contributed by atoms with Gasteiger partial charge in [-0.3, -0.25) is 4.79 Å². The lowest BCUT2D eigenvalue weighted by atomic mass is 10.1. The molecule has 1 aliphatic carbocycles. The second-order valence-corrected chi connectivity index (χ2v) is 6.21. The zero-order chi connectivity index (χ0) is 14.9. The fraction of sp³-hybridized carbons (Fsp3) is 0.125. The van der Waals surface area contributed by atoms with Gasteiger partial charge in [0.05, 0.1) is 10.9 Å². The minimum atomic E-state index is -0.161. The van der Waals surface area contributed by atoms with E-state index in [0.29, 0.717) is 5.16 Å². The molecule has 1 aliphatic rings. The van der Waals surface area contributed by atoms with Crippen LogP contribution in [0, 0.1) is 0 Å². The Balaban J connectivity index is 1.62. The summed E-state index contributed by atoms with van der Waals surface area (Å²) in [5, 5.41) is 12.3. The summed E-state index contributed by atoms with van der Waals surface area (Å²) in [6.07, 6.45) is 0.724. The Morgan fingerprint density at radius 3 is 2.64 bits per heavy atom. The molecular formula is C16H12N4OS. The molecule has 6 heteroatoms. The number of benzene rings is 2. The number of hydrogen-bond acceptors (Lipinski definition) is 5. The number of fused-ring (bicyclic) bond motifs is 1. The summed E-state index contributed by atoms with van der Waals surface area (Å²) in [6, 6.07) is 17.4. The third-order valence-corrected chi connectivity index (χ3v) is 4.80. The highest BCUT2D eigenvalue weighted by molar-refractivity contribution is 8.00. The van der Waals surface area contributed by atoms with Crippen molar-refractivity contribution in [3.63, 3.8) is 0 Å². The SMILES string of the molecule is O=C1c2ccccc2C[C@@H]1Sc1nnnn1-c1ccccc1. The molecule has 1 atom stereocenters. The van der Waals surface area contributed by atoms with Crippen LogP contribution in [-0.2, 0) is 6.42 Å². The maximum absolute atomic E-state index is 12.5. The number of nitrogens with zero attached hydrogens (tertiary/aromatic N) is 4. The molecule has 0 spiro atoms. The van der Waals surface area contributed by atoms with Gasteiger partial charge in [0.25, 0.3) is 0 Å². The van der Waals surface area contributed by atoms with Crippen LogP contribution < -0.4 is 0 Å². The highest BCUT2D eigenvalue weighted by atomic mass is 32.2. The van der Waals surface area contributed by atoms with Crippen molar-refractivity contribution in [2.75, 3.05) is 0 Å². The average molecular weight is 308 g/mol. The van der Waals surface area contributed by atoms with Crippen molar-refractivity contribution < 1.29 is 4.79 Å². The summed E-state index contributed by atoms with van der Waals surface area (Å²) in [7, 11) is 0. The number of ketones is 1. The summed E-state index contributed by atoms with van der Waals surface area (Å²) in [5.74, 6) is 0.156. The van der Waals surface area contributed by atoms with Gasteiger partial charge < -0.3 is 0 Å². The minimum Gasteiger partial charge on any atom is -0.293 e. The first-order chi connectivity index (χ1) is 10.8. The third-order valence-electron chi connectivity index (χ3n) is 3.67. The molecule has 0 saturated heterocycles. The molecule has 1 heterocycles. The number of tetrazole rings is 1. The predicted molar refractivity (Wildman–Crippen MR) is 83.3 cm³/mol. The van der Waals surface area contributed by atoms with Crippen molar-refractivity contribution in [2.45, 2.75) is 16.8 Å². The number of carbonyl (C=O) groups excluding carboxylic acids is 1. The van der Waals surface area contributed by atoms with Gasteiger partial charge in [-0.2, -0.15) is 4.68 Å². The van der Waals surface area contributed by atoms with E-state index in [1.54, 1.807) is 4.68 Å². The second kappa shape index (κ2) is 5.38. The van der Waals surface area contributed by atoms with Crippen LogP contribution >= 0.6 is 11.8 Å². The second-order valence-electron chi connectivity index (χ2n) is 5.04. The number of thioether (sulfide) groups is 1. The lowest BCUT2D eigenvalue weighted by molar-refractivity contribution is 0.1000. The zero-order valence-corrected chi connectivity index (χ0v) is 12.4. The van der Waals surface area contributed by atoms with Crippen molar-refractivity contribution in [1.29, 1.82) is 0 Å². The maximum Gasteiger partial charge on any atom is 0.214 e. The van der Waals surface area contributed by atoms with E-state index >= 15 is 0 Å². The summed E-state index contributed by atoms with van der Waals surface area (Å²) in [6.45, 7) is 0. The topological polar surface area (TPSA) is 60.7 Å². The molecule has 0 bridgehead atoms. The summed E-state index contributed by atoms with van der Waals surface area (Å²) >= 11 is 1.42. The molecule has 1 aromatic heterocycles. The molecule has 2 aromatic carbocycles. The van der Waals surface area contributed by atoms with Gasteiger partial charge in [0.1, 0.15) is 0 Å². The van der Waals surface area contributed by atoms with Crippen molar-refractivity contribution >= 4 is 17.5 Å². The van der Waals surface area contributed by atoms with Crippen LogP contribution in [0.1, 0.15) is 15.9 Å². The predicted octanol–water partition coefficient (Wildman–Crippen LogP) is 2.56. The molecule has 0 aliphatic heterocycles. The Morgan fingerprint density at radius 1 is 1.05 bits per heavy atom. The Labute approximate surface area is 131 Å². The molecule has 108 valence electrons. The van der Waals surface area contributed by atoms with Crippen LogP contribution in [0.25, 0.3) is 5.69 Å². The van der Waals surface area contributed by atoms with Gasteiger partial charge in [0.15, 0.2) is 5.78 Å². The molecule has 0 radical (unpaired) electrons. The molecule has 0 fully saturated rings. The van der Waals surface area contributed by atoms with Crippen molar-refractivity contribution in [3.05, 3.63) is 65.7 Å². The van der Waals surface area contributed by atoms with E-state index < -0.39 is 0 Å². The molecular weight excluding hydrogens is 296 g/mol. The van der Waals surface area contributed by atoms with Gasteiger partial charge in [-0.1, -0.05) is 54.2 Å². The molecule has 0 amide bonds. The van der Waals surface area contributed by atoms with Crippen molar-refractivity contribution in [1.82, 2.24) is 20.2 Å². The highest BCUT2D eigenvalue weighted by Crippen LogP contribution is 2.33. The molecule has 5 nitrogen and oxygen atoms in total. The van der Waals surface area contributed by atoms with Crippen LogP contribution in [0.2, 0.25) is 0 Å². The number of carbonyl (C=O) groups is 1. The molecule has 0 unspecified atom stereocenters. The number of aromatic nitrogens is 4.